The van der Waals surface area contributed by atoms with E-state index >= 15 is 0 Å². The molecule has 0 fully saturated rings. The zero-order chi connectivity index (χ0) is 15.3. The first-order valence-electron chi connectivity index (χ1n) is 6.12. The Morgan fingerprint density at radius 1 is 1.45 bits per heavy atom. The van der Waals surface area contributed by atoms with Gasteiger partial charge < -0.3 is 16.0 Å². The number of anilines is 1. The van der Waals surface area contributed by atoms with E-state index in [1.165, 1.54) is 0 Å². The van der Waals surface area contributed by atoms with Gasteiger partial charge in [0.15, 0.2) is 0 Å². The molecule has 1 rings (SSSR count). The van der Waals surface area contributed by atoms with Crippen molar-refractivity contribution in [3.05, 3.63) is 28.2 Å². The summed E-state index contributed by atoms with van der Waals surface area (Å²) in [7, 11) is 0. The van der Waals surface area contributed by atoms with E-state index in [0.717, 1.165) is 0 Å². The number of hydrogen-bond acceptors (Lipinski definition) is 2. The van der Waals surface area contributed by atoms with Crippen molar-refractivity contribution in [1.82, 2.24) is 4.90 Å². The summed E-state index contributed by atoms with van der Waals surface area (Å²) in [6.07, 6.45) is 0.476. The smallest absolute Gasteiger partial charge is 0.322 e. The molecule has 1 aromatic carbocycles. The minimum Gasteiger partial charge on any atom is -0.393 e. The Morgan fingerprint density at radius 3 is 2.65 bits per heavy atom. The molecule has 0 saturated carbocycles. The molecule has 4 nitrogen and oxygen atoms in total. The maximum Gasteiger partial charge on any atom is 0.322 e. The normalized spacial score (nSPS) is 10.4. The Hall–Kier alpha value is -1.04. The number of amides is 2. The van der Waals surface area contributed by atoms with Crippen LogP contribution >= 0.6 is 35.4 Å². The Kier molecular flexibility index (Phi) is 6.52. The van der Waals surface area contributed by atoms with Gasteiger partial charge in [-0.1, -0.05) is 35.4 Å². The van der Waals surface area contributed by atoms with E-state index in [1.54, 1.807) is 23.1 Å². The molecule has 0 atom stereocenters. The van der Waals surface area contributed by atoms with Gasteiger partial charge in [-0.05, 0) is 32.0 Å². The molecule has 110 valence electrons. The molecule has 0 spiro atoms. The summed E-state index contributed by atoms with van der Waals surface area (Å²) < 4.78 is 0. The average molecular weight is 334 g/mol. The number of halogens is 2. The monoisotopic (exact) mass is 333 g/mol. The standard InChI is InChI=1S/C13H17Cl2N3OS/c1-8(2)18(6-5-12(16)20)13(19)17-11-7-9(14)3-4-10(11)15/h3-4,7-8H,5-6H2,1-2H3,(H2,16,20)(H,17,19). The lowest BCUT2D eigenvalue weighted by Crippen LogP contribution is -2.41. The van der Waals surface area contributed by atoms with Crippen LogP contribution in [0.15, 0.2) is 18.2 Å². The molecular formula is C13H17Cl2N3OS. The topological polar surface area (TPSA) is 58.4 Å². The first-order chi connectivity index (χ1) is 9.31. The van der Waals surface area contributed by atoms with Crippen molar-refractivity contribution in [2.45, 2.75) is 26.3 Å². The van der Waals surface area contributed by atoms with E-state index in [9.17, 15) is 4.79 Å². The maximum absolute atomic E-state index is 12.3. The SMILES string of the molecule is CC(C)N(CCC(N)=S)C(=O)Nc1cc(Cl)ccc1Cl. The number of nitrogens with zero attached hydrogens (tertiary/aromatic N) is 1. The van der Waals surface area contributed by atoms with Gasteiger partial charge in [-0.15, -0.1) is 0 Å². The lowest BCUT2D eigenvalue weighted by atomic mass is 10.3. The van der Waals surface area contributed by atoms with E-state index in [1.807, 2.05) is 13.8 Å². The number of nitrogens with one attached hydrogen (secondary N) is 1. The van der Waals surface area contributed by atoms with Gasteiger partial charge in [0.25, 0.3) is 0 Å². The fraction of sp³-hybridized carbons (Fsp3) is 0.385. The zero-order valence-electron chi connectivity index (χ0n) is 11.3. The van der Waals surface area contributed by atoms with Crippen LogP contribution in [-0.4, -0.2) is 28.5 Å². The van der Waals surface area contributed by atoms with Crippen LogP contribution < -0.4 is 11.1 Å². The van der Waals surface area contributed by atoms with Crippen LogP contribution in [0.25, 0.3) is 0 Å². The molecule has 0 radical (unpaired) electrons. The van der Waals surface area contributed by atoms with Gasteiger partial charge in [-0.2, -0.15) is 0 Å². The first-order valence-corrected chi connectivity index (χ1v) is 7.28. The molecule has 0 aliphatic carbocycles. The molecule has 0 aliphatic heterocycles. The van der Waals surface area contributed by atoms with Crippen LogP contribution in [0.2, 0.25) is 10.0 Å². The molecule has 0 saturated heterocycles. The van der Waals surface area contributed by atoms with E-state index < -0.39 is 0 Å². The highest BCUT2D eigenvalue weighted by atomic mass is 35.5. The number of urea groups is 1. The minimum atomic E-state index is -0.264. The number of carbonyl (C=O) groups excluding carboxylic acids is 1. The molecule has 7 heteroatoms. The van der Waals surface area contributed by atoms with Crippen molar-refractivity contribution < 1.29 is 4.79 Å². The van der Waals surface area contributed by atoms with Crippen LogP contribution in [-0.2, 0) is 0 Å². The number of nitrogens with two attached hydrogens (primary N) is 1. The van der Waals surface area contributed by atoms with Crippen molar-refractivity contribution in [3.8, 4) is 0 Å². The number of carbonyl (C=O) groups is 1. The Morgan fingerprint density at radius 2 is 2.10 bits per heavy atom. The van der Waals surface area contributed by atoms with Crippen molar-refractivity contribution >= 4 is 52.1 Å². The lowest BCUT2D eigenvalue weighted by molar-refractivity contribution is 0.199. The van der Waals surface area contributed by atoms with Crippen LogP contribution in [0.4, 0.5) is 10.5 Å². The number of thiocarbonyl (C=S) groups is 1. The van der Waals surface area contributed by atoms with Crippen molar-refractivity contribution in [3.63, 3.8) is 0 Å². The van der Waals surface area contributed by atoms with Crippen molar-refractivity contribution in [2.24, 2.45) is 5.73 Å². The molecule has 0 aromatic heterocycles. The predicted molar refractivity (Wildman–Crippen MR) is 88.7 cm³/mol. The number of hydrogen-bond donors (Lipinski definition) is 2. The van der Waals surface area contributed by atoms with E-state index in [4.69, 9.17) is 41.2 Å². The highest BCUT2D eigenvalue weighted by Gasteiger charge is 2.18. The highest BCUT2D eigenvalue weighted by molar-refractivity contribution is 7.80. The molecule has 0 aliphatic rings. The Bertz CT molecular complexity index is 508. The van der Waals surface area contributed by atoms with Crippen molar-refractivity contribution in [2.75, 3.05) is 11.9 Å². The van der Waals surface area contributed by atoms with E-state index in [-0.39, 0.29) is 12.1 Å². The van der Waals surface area contributed by atoms with Gasteiger partial charge >= 0.3 is 6.03 Å². The zero-order valence-corrected chi connectivity index (χ0v) is 13.6. The summed E-state index contributed by atoms with van der Waals surface area (Å²) in [6, 6.07) is 4.65. The molecule has 2 amide bonds. The maximum atomic E-state index is 12.3. The summed E-state index contributed by atoms with van der Waals surface area (Å²) in [6.45, 7) is 4.29. The number of rotatable bonds is 5. The lowest BCUT2D eigenvalue weighted by Gasteiger charge is -2.27. The van der Waals surface area contributed by atoms with Gasteiger partial charge in [-0.25, -0.2) is 4.79 Å². The fourth-order valence-corrected chi connectivity index (χ4v) is 2.03. The van der Waals surface area contributed by atoms with E-state index in [2.05, 4.69) is 5.32 Å². The van der Waals surface area contributed by atoms with Crippen LogP contribution in [0, 0.1) is 0 Å². The fourth-order valence-electron chi connectivity index (χ4n) is 1.61. The van der Waals surface area contributed by atoms with E-state index in [0.29, 0.717) is 33.7 Å². The first kappa shape index (κ1) is 17.0. The highest BCUT2D eigenvalue weighted by Crippen LogP contribution is 2.25. The third-order valence-corrected chi connectivity index (χ3v) is 3.42. The summed E-state index contributed by atoms with van der Waals surface area (Å²) in [5.74, 6) is 0. The largest absolute Gasteiger partial charge is 0.393 e. The molecular weight excluding hydrogens is 317 g/mol. The Balaban J connectivity index is 2.80. The summed E-state index contributed by atoms with van der Waals surface area (Å²) in [5, 5.41) is 3.68. The second kappa shape index (κ2) is 7.67. The van der Waals surface area contributed by atoms with Crippen LogP contribution in [0.1, 0.15) is 20.3 Å². The molecule has 3 N–H and O–H groups in total. The average Bonchev–Trinajstić information content (AvgIpc) is 2.33. The summed E-state index contributed by atoms with van der Waals surface area (Å²) in [4.78, 5) is 14.3. The third kappa shape index (κ3) is 5.15. The Labute approximate surface area is 134 Å². The molecule has 0 unspecified atom stereocenters. The predicted octanol–water partition coefficient (Wildman–Crippen LogP) is 3.91. The summed E-state index contributed by atoms with van der Waals surface area (Å²) >= 11 is 16.7. The van der Waals surface area contributed by atoms with Crippen LogP contribution in [0.5, 0.6) is 0 Å². The second-order valence-electron chi connectivity index (χ2n) is 4.56. The van der Waals surface area contributed by atoms with Gasteiger partial charge in [0.05, 0.1) is 15.7 Å². The molecule has 20 heavy (non-hydrogen) atoms. The minimum absolute atomic E-state index is 0.0160. The van der Waals surface area contributed by atoms with Crippen LogP contribution in [0.3, 0.4) is 0 Å². The second-order valence-corrected chi connectivity index (χ2v) is 5.93. The van der Waals surface area contributed by atoms with Gasteiger partial charge in [0, 0.05) is 24.0 Å². The van der Waals surface area contributed by atoms with Gasteiger partial charge in [-0.3, -0.25) is 0 Å². The quantitative estimate of drug-likeness (QED) is 0.803. The number of benzene rings is 1. The molecule has 1 aromatic rings. The van der Waals surface area contributed by atoms with Gasteiger partial charge in [0.1, 0.15) is 0 Å². The van der Waals surface area contributed by atoms with Crippen molar-refractivity contribution in [1.29, 1.82) is 0 Å². The summed E-state index contributed by atoms with van der Waals surface area (Å²) in [5.41, 5.74) is 5.95. The molecule has 0 heterocycles. The molecule has 0 bridgehead atoms. The van der Waals surface area contributed by atoms with Gasteiger partial charge in [0.2, 0.25) is 0 Å². The third-order valence-electron chi connectivity index (χ3n) is 2.65.